The van der Waals surface area contributed by atoms with Gasteiger partial charge in [0.1, 0.15) is 0 Å². The Labute approximate surface area is 120 Å². The van der Waals surface area contributed by atoms with Crippen molar-refractivity contribution in [3.63, 3.8) is 0 Å². The van der Waals surface area contributed by atoms with Gasteiger partial charge in [-0.3, -0.25) is 5.32 Å². The van der Waals surface area contributed by atoms with Crippen LogP contribution in [-0.2, 0) is 9.84 Å². The first-order valence-electron chi connectivity index (χ1n) is 5.88. The molecule has 0 fully saturated rings. The molecule has 0 aliphatic carbocycles. The first-order chi connectivity index (χ1) is 9.14. The minimum absolute atomic E-state index is 0.0722. The van der Waals surface area contributed by atoms with Crippen LogP contribution in [0, 0.1) is 0 Å². The Bertz CT molecular complexity index is 623. The number of nitrogens with one attached hydrogen (secondary N) is 1. The van der Waals surface area contributed by atoms with Gasteiger partial charge in [0, 0.05) is 21.2 Å². The summed E-state index contributed by atoms with van der Waals surface area (Å²) in [5.74, 6) is 0.153. The Hall–Kier alpha value is -0.950. The van der Waals surface area contributed by atoms with Crippen molar-refractivity contribution in [2.75, 3.05) is 5.75 Å². The number of sulfone groups is 1. The fourth-order valence-electron chi connectivity index (χ4n) is 2.11. The maximum Gasteiger partial charge on any atom is 0.173 e. The maximum absolute atomic E-state index is 11.5. The quantitative estimate of drug-likeness (QED) is 0.944. The highest BCUT2D eigenvalue weighted by Gasteiger charge is 2.26. The van der Waals surface area contributed by atoms with Gasteiger partial charge in [-0.25, -0.2) is 8.42 Å². The summed E-state index contributed by atoms with van der Waals surface area (Å²) in [6, 6.07) is 8.15. The molecule has 3 heterocycles. The van der Waals surface area contributed by atoms with Gasteiger partial charge in [0.15, 0.2) is 9.84 Å². The molecule has 0 saturated heterocycles. The van der Waals surface area contributed by atoms with E-state index in [1.807, 2.05) is 22.9 Å². The smallest absolute Gasteiger partial charge is 0.173 e. The van der Waals surface area contributed by atoms with Crippen molar-refractivity contribution in [2.45, 2.75) is 12.1 Å². The molecule has 0 bridgehead atoms. The largest absolute Gasteiger partial charge is 0.298 e. The minimum atomic E-state index is -3.01. The van der Waals surface area contributed by atoms with Gasteiger partial charge in [-0.05, 0) is 22.9 Å². The molecule has 0 spiro atoms. The molecule has 0 saturated carbocycles. The molecule has 1 atom stereocenters. The third kappa shape index (κ3) is 2.97. The molecule has 1 aliphatic heterocycles. The average molecular weight is 311 g/mol. The van der Waals surface area contributed by atoms with E-state index in [4.69, 9.17) is 0 Å². The third-order valence-corrected chi connectivity index (χ3v) is 6.24. The van der Waals surface area contributed by atoms with Crippen LogP contribution in [0.2, 0.25) is 0 Å². The van der Waals surface area contributed by atoms with Crippen LogP contribution in [0.4, 0.5) is 0 Å². The van der Waals surface area contributed by atoms with E-state index >= 15 is 0 Å². The normalized spacial score (nSPS) is 21.2. The van der Waals surface area contributed by atoms with Gasteiger partial charge in [-0.2, -0.15) is 0 Å². The van der Waals surface area contributed by atoms with Crippen LogP contribution in [0.5, 0.6) is 0 Å². The summed E-state index contributed by atoms with van der Waals surface area (Å²) in [7, 11) is -3.01. The summed E-state index contributed by atoms with van der Waals surface area (Å²) in [6.07, 6.45) is 1.74. The van der Waals surface area contributed by atoms with E-state index in [1.165, 1.54) is 15.2 Å². The van der Waals surface area contributed by atoms with Gasteiger partial charge in [-0.1, -0.05) is 18.2 Å². The first kappa shape index (κ1) is 13.1. The van der Waals surface area contributed by atoms with Crippen LogP contribution >= 0.6 is 22.7 Å². The Morgan fingerprint density at radius 1 is 1.16 bits per heavy atom. The predicted molar refractivity (Wildman–Crippen MR) is 80.3 cm³/mol. The Balaban J connectivity index is 1.84. The topological polar surface area (TPSA) is 46.2 Å². The number of rotatable bonds is 4. The zero-order chi connectivity index (χ0) is 13.3. The van der Waals surface area contributed by atoms with E-state index in [2.05, 4.69) is 17.4 Å². The molecular weight excluding hydrogens is 298 g/mol. The van der Waals surface area contributed by atoms with E-state index in [9.17, 15) is 8.42 Å². The summed E-state index contributed by atoms with van der Waals surface area (Å²) in [4.78, 5) is 2.42. The molecule has 3 rings (SSSR count). The van der Waals surface area contributed by atoms with Crippen molar-refractivity contribution in [3.05, 3.63) is 56.3 Å². The van der Waals surface area contributed by atoms with Crippen molar-refractivity contribution in [3.8, 4) is 0 Å². The van der Waals surface area contributed by atoms with Crippen LogP contribution < -0.4 is 5.32 Å². The van der Waals surface area contributed by atoms with Gasteiger partial charge in [0.2, 0.25) is 0 Å². The molecule has 0 radical (unpaired) electrons. The van der Waals surface area contributed by atoms with Crippen LogP contribution in [0.15, 0.2) is 46.5 Å². The maximum atomic E-state index is 11.5. The standard InChI is InChI=1S/C13H13NO2S3/c15-19(16)8-5-10(9-19)14-13(11-3-1-6-17-11)12-4-2-7-18-12/h1-8,10,13-14H,9H2. The molecule has 0 aromatic carbocycles. The molecule has 1 unspecified atom stereocenters. The molecule has 100 valence electrons. The zero-order valence-electron chi connectivity index (χ0n) is 10.0. The molecule has 0 amide bonds. The highest BCUT2D eigenvalue weighted by molar-refractivity contribution is 7.94. The minimum Gasteiger partial charge on any atom is -0.298 e. The number of hydrogen-bond donors (Lipinski definition) is 1. The SMILES string of the molecule is O=S1(=O)C=CC(NC(c2cccs2)c2cccs2)C1. The highest BCUT2D eigenvalue weighted by atomic mass is 32.2. The van der Waals surface area contributed by atoms with E-state index in [0.29, 0.717) is 0 Å². The predicted octanol–water partition coefficient (Wildman–Crippen LogP) is 2.80. The van der Waals surface area contributed by atoms with Crippen molar-refractivity contribution < 1.29 is 8.42 Å². The number of hydrogen-bond acceptors (Lipinski definition) is 5. The summed E-state index contributed by atoms with van der Waals surface area (Å²) in [5.41, 5.74) is 0. The highest BCUT2D eigenvalue weighted by Crippen LogP contribution is 2.30. The van der Waals surface area contributed by atoms with Gasteiger partial charge in [0.25, 0.3) is 0 Å². The molecule has 1 N–H and O–H groups in total. The van der Waals surface area contributed by atoms with Gasteiger partial charge in [0.05, 0.1) is 11.8 Å². The molecule has 2 aromatic rings. The lowest BCUT2D eigenvalue weighted by Crippen LogP contribution is -2.33. The van der Waals surface area contributed by atoms with E-state index < -0.39 is 9.84 Å². The van der Waals surface area contributed by atoms with E-state index in [0.717, 1.165) is 0 Å². The lowest BCUT2D eigenvalue weighted by Gasteiger charge is -2.19. The van der Waals surface area contributed by atoms with Crippen LogP contribution in [0.1, 0.15) is 15.8 Å². The summed E-state index contributed by atoms with van der Waals surface area (Å²) in [6.45, 7) is 0. The van der Waals surface area contributed by atoms with Crippen molar-refractivity contribution in [1.82, 2.24) is 5.32 Å². The molecule has 2 aromatic heterocycles. The van der Waals surface area contributed by atoms with Crippen LogP contribution in [0.3, 0.4) is 0 Å². The molecular formula is C13H13NO2S3. The first-order valence-corrected chi connectivity index (χ1v) is 9.35. The van der Waals surface area contributed by atoms with E-state index in [-0.39, 0.29) is 17.8 Å². The second-order valence-corrected chi connectivity index (χ2v) is 8.28. The van der Waals surface area contributed by atoms with Crippen LogP contribution in [-0.4, -0.2) is 20.2 Å². The fraction of sp³-hybridized carbons (Fsp3) is 0.231. The molecule has 3 nitrogen and oxygen atoms in total. The Morgan fingerprint density at radius 3 is 2.21 bits per heavy atom. The summed E-state index contributed by atoms with van der Waals surface area (Å²) < 4.78 is 22.9. The van der Waals surface area contributed by atoms with Crippen molar-refractivity contribution in [1.29, 1.82) is 0 Å². The second-order valence-electron chi connectivity index (χ2n) is 4.40. The lowest BCUT2D eigenvalue weighted by molar-refractivity contribution is 0.565. The monoisotopic (exact) mass is 311 g/mol. The lowest BCUT2D eigenvalue weighted by atomic mass is 10.1. The van der Waals surface area contributed by atoms with Gasteiger partial charge in [-0.15, -0.1) is 22.7 Å². The van der Waals surface area contributed by atoms with Crippen molar-refractivity contribution >= 4 is 32.5 Å². The summed E-state index contributed by atoms with van der Waals surface area (Å²) >= 11 is 3.37. The number of thiophene rings is 2. The Kier molecular flexibility index (Phi) is 3.58. The second kappa shape index (κ2) is 5.20. The van der Waals surface area contributed by atoms with Crippen molar-refractivity contribution in [2.24, 2.45) is 0 Å². The molecule has 19 heavy (non-hydrogen) atoms. The average Bonchev–Trinajstić information content (AvgIpc) is 3.07. The zero-order valence-corrected chi connectivity index (χ0v) is 12.5. The summed E-state index contributed by atoms with van der Waals surface area (Å²) in [5, 5.41) is 8.82. The Morgan fingerprint density at radius 2 is 1.79 bits per heavy atom. The fourth-order valence-corrected chi connectivity index (χ4v) is 5.04. The molecule has 1 aliphatic rings. The van der Waals surface area contributed by atoms with Gasteiger partial charge >= 0.3 is 0 Å². The molecule has 6 heteroatoms. The van der Waals surface area contributed by atoms with Gasteiger partial charge < -0.3 is 0 Å². The third-order valence-electron chi connectivity index (χ3n) is 2.97. The van der Waals surface area contributed by atoms with Crippen LogP contribution in [0.25, 0.3) is 0 Å². The van der Waals surface area contributed by atoms with E-state index in [1.54, 1.807) is 28.7 Å².